The van der Waals surface area contributed by atoms with Crippen molar-refractivity contribution < 1.29 is 0 Å². The molecule has 0 spiro atoms. The van der Waals surface area contributed by atoms with Crippen LogP contribution >= 0.6 is 0 Å². The Morgan fingerprint density at radius 2 is 0.923 bits per heavy atom. The third kappa shape index (κ3) is 6.15. The first-order valence-electron chi connectivity index (χ1n) is 4.93. The summed E-state index contributed by atoms with van der Waals surface area (Å²) in [5.41, 5.74) is 0. The van der Waals surface area contributed by atoms with Crippen LogP contribution in [0.15, 0.2) is 48.6 Å². The van der Waals surface area contributed by atoms with E-state index in [9.17, 15) is 0 Å². The Hall–Kier alpha value is -1.04. The van der Waals surface area contributed by atoms with Crippen LogP contribution in [0.2, 0.25) is 0 Å². The van der Waals surface area contributed by atoms with Crippen molar-refractivity contribution in [1.82, 2.24) is 0 Å². The maximum Gasteiger partial charge on any atom is -0.0166 e. The summed E-state index contributed by atoms with van der Waals surface area (Å²) in [5, 5.41) is 0. The maximum atomic E-state index is 2.28. The standard InChI is InChI=1S/C13H17/c1-2-4-6-8-10-12-13-11-9-7-5-3-1/h1-4,7-9,12-13H,5-6,10-11H2. The fraction of sp³-hybridized carbons (Fsp3) is 0.308. The first-order valence-corrected chi connectivity index (χ1v) is 4.93. The third-order valence-electron chi connectivity index (χ3n) is 1.87. The van der Waals surface area contributed by atoms with Gasteiger partial charge in [-0.05, 0) is 32.1 Å². The largest absolute Gasteiger partial charge is 0.0879 e. The van der Waals surface area contributed by atoms with E-state index in [0.717, 1.165) is 25.7 Å². The molecule has 0 aromatic heterocycles. The molecular formula is C13H17. The molecule has 0 aromatic rings. The Balaban J connectivity index is 2.38. The summed E-state index contributed by atoms with van der Waals surface area (Å²) in [6.45, 7) is 0. The van der Waals surface area contributed by atoms with Gasteiger partial charge >= 0.3 is 0 Å². The van der Waals surface area contributed by atoms with Gasteiger partial charge in [0.15, 0.2) is 0 Å². The molecule has 0 atom stereocenters. The highest BCUT2D eigenvalue weighted by atomic mass is 13.9. The first-order chi connectivity index (χ1) is 6.50. The summed E-state index contributed by atoms with van der Waals surface area (Å²) in [6.07, 6.45) is 24.0. The van der Waals surface area contributed by atoms with E-state index in [0.29, 0.717) is 0 Å². The van der Waals surface area contributed by atoms with Crippen LogP contribution in [-0.4, -0.2) is 0 Å². The molecule has 13 heavy (non-hydrogen) atoms. The van der Waals surface area contributed by atoms with Gasteiger partial charge in [-0.3, -0.25) is 0 Å². The summed E-state index contributed by atoms with van der Waals surface area (Å²) in [4.78, 5) is 0. The van der Waals surface area contributed by atoms with Gasteiger partial charge in [-0.2, -0.15) is 0 Å². The zero-order chi connectivity index (χ0) is 9.19. The van der Waals surface area contributed by atoms with Crippen LogP contribution < -0.4 is 0 Å². The molecule has 0 N–H and O–H groups in total. The zero-order valence-corrected chi connectivity index (χ0v) is 8.02. The van der Waals surface area contributed by atoms with Gasteiger partial charge in [-0.25, -0.2) is 0 Å². The van der Waals surface area contributed by atoms with E-state index in [2.05, 4.69) is 55.0 Å². The predicted molar refractivity (Wildman–Crippen MR) is 59.3 cm³/mol. The minimum Gasteiger partial charge on any atom is -0.0879 e. The molecule has 1 aliphatic carbocycles. The van der Waals surface area contributed by atoms with Crippen LogP contribution in [0.25, 0.3) is 0 Å². The lowest BCUT2D eigenvalue weighted by atomic mass is 10.2. The van der Waals surface area contributed by atoms with Gasteiger partial charge in [-0.1, -0.05) is 48.6 Å². The predicted octanol–water partition coefficient (Wildman–Crippen LogP) is 3.99. The van der Waals surface area contributed by atoms with Gasteiger partial charge in [0.25, 0.3) is 0 Å². The average molecular weight is 173 g/mol. The molecule has 0 aliphatic heterocycles. The Bertz CT molecular complexity index is 216. The van der Waals surface area contributed by atoms with Crippen molar-refractivity contribution in [3.63, 3.8) is 0 Å². The third-order valence-corrected chi connectivity index (χ3v) is 1.87. The topological polar surface area (TPSA) is 0 Å². The molecular weight excluding hydrogens is 156 g/mol. The second kappa shape index (κ2) is 7.60. The van der Waals surface area contributed by atoms with Gasteiger partial charge in [0, 0.05) is 0 Å². The quantitative estimate of drug-likeness (QED) is 0.486. The van der Waals surface area contributed by atoms with Crippen molar-refractivity contribution in [3.8, 4) is 0 Å². The second-order valence-electron chi connectivity index (χ2n) is 3.03. The van der Waals surface area contributed by atoms with E-state index in [1.807, 2.05) is 0 Å². The highest BCUT2D eigenvalue weighted by Gasteiger charge is 1.81. The molecule has 69 valence electrons. The van der Waals surface area contributed by atoms with Gasteiger partial charge in [-0.15, -0.1) is 0 Å². The summed E-state index contributed by atoms with van der Waals surface area (Å²) in [5.74, 6) is 0. The molecule has 0 unspecified atom stereocenters. The van der Waals surface area contributed by atoms with Crippen LogP contribution in [0.1, 0.15) is 25.7 Å². The number of hydrogen-bond donors (Lipinski definition) is 0. The molecule has 1 rings (SSSR count). The van der Waals surface area contributed by atoms with Crippen molar-refractivity contribution in [2.75, 3.05) is 0 Å². The highest BCUT2D eigenvalue weighted by Crippen LogP contribution is 2.00. The van der Waals surface area contributed by atoms with E-state index in [1.54, 1.807) is 0 Å². The Morgan fingerprint density at radius 3 is 1.69 bits per heavy atom. The molecule has 0 heteroatoms. The van der Waals surface area contributed by atoms with E-state index in [-0.39, 0.29) is 0 Å². The van der Waals surface area contributed by atoms with Gasteiger partial charge in [0.05, 0.1) is 0 Å². The Kier molecular flexibility index (Phi) is 5.87. The van der Waals surface area contributed by atoms with Crippen LogP contribution in [0.5, 0.6) is 0 Å². The van der Waals surface area contributed by atoms with Crippen molar-refractivity contribution >= 4 is 0 Å². The molecule has 0 fully saturated rings. The molecule has 0 heterocycles. The SMILES string of the molecule is [CH]1CC=CC=CCC=CCC=CC1. The molecule has 0 bridgehead atoms. The van der Waals surface area contributed by atoms with E-state index in [4.69, 9.17) is 0 Å². The molecule has 1 aliphatic rings. The monoisotopic (exact) mass is 173 g/mol. The zero-order valence-electron chi connectivity index (χ0n) is 8.02. The van der Waals surface area contributed by atoms with Crippen molar-refractivity contribution in [2.45, 2.75) is 25.7 Å². The van der Waals surface area contributed by atoms with Crippen molar-refractivity contribution in [3.05, 3.63) is 55.0 Å². The minimum atomic E-state index is 1.04. The first kappa shape index (κ1) is 10.0. The molecule has 0 saturated heterocycles. The Labute approximate surface area is 81.4 Å². The summed E-state index contributed by atoms with van der Waals surface area (Å²) in [6, 6.07) is 0. The summed E-state index contributed by atoms with van der Waals surface area (Å²) < 4.78 is 0. The van der Waals surface area contributed by atoms with Gasteiger partial charge < -0.3 is 0 Å². The van der Waals surface area contributed by atoms with Crippen LogP contribution in [0.4, 0.5) is 0 Å². The van der Waals surface area contributed by atoms with E-state index < -0.39 is 0 Å². The smallest absolute Gasteiger partial charge is 0.0166 e. The normalized spacial score (nSPS) is 19.1. The van der Waals surface area contributed by atoms with Gasteiger partial charge in [0.1, 0.15) is 0 Å². The fourth-order valence-corrected chi connectivity index (χ4v) is 1.14. The van der Waals surface area contributed by atoms with E-state index in [1.165, 1.54) is 0 Å². The van der Waals surface area contributed by atoms with Crippen LogP contribution in [-0.2, 0) is 0 Å². The highest BCUT2D eigenvalue weighted by molar-refractivity contribution is 5.07. The maximum absolute atomic E-state index is 2.28. The molecule has 0 amide bonds. The van der Waals surface area contributed by atoms with Crippen LogP contribution in [0.3, 0.4) is 0 Å². The van der Waals surface area contributed by atoms with Crippen molar-refractivity contribution in [2.24, 2.45) is 0 Å². The molecule has 0 nitrogen and oxygen atoms in total. The second-order valence-corrected chi connectivity index (χ2v) is 3.03. The number of allylic oxidation sites excluding steroid dienone is 8. The lowest BCUT2D eigenvalue weighted by Gasteiger charge is -1.88. The van der Waals surface area contributed by atoms with E-state index >= 15 is 0 Å². The fourth-order valence-electron chi connectivity index (χ4n) is 1.14. The lowest BCUT2D eigenvalue weighted by molar-refractivity contribution is 1.10. The van der Waals surface area contributed by atoms with Gasteiger partial charge in [0.2, 0.25) is 0 Å². The molecule has 0 saturated carbocycles. The summed E-state index contributed by atoms with van der Waals surface area (Å²) >= 11 is 0. The van der Waals surface area contributed by atoms with Crippen molar-refractivity contribution in [1.29, 1.82) is 0 Å². The average Bonchev–Trinajstić information content (AvgIpc) is 2.18. The minimum absolute atomic E-state index is 1.04. The Morgan fingerprint density at radius 1 is 0.462 bits per heavy atom. The van der Waals surface area contributed by atoms with Crippen LogP contribution in [0, 0.1) is 6.42 Å². The molecule has 0 aromatic carbocycles. The number of rotatable bonds is 0. The lowest BCUT2D eigenvalue weighted by Crippen LogP contribution is -1.69. The molecule has 1 radical (unpaired) electrons. The summed E-state index contributed by atoms with van der Waals surface area (Å²) in [7, 11) is 0. The number of hydrogen-bond acceptors (Lipinski definition) is 0.